The van der Waals surface area contributed by atoms with Crippen molar-refractivity contribution < 1.29 is 48.5 Å². The maximum Gasteiger partial charge on any atom is 0.360 e. The molecule has 0 amide bonds. The van der Waals surface area contributed by atoms with Gasteiger partial charge in [0.05, 0.1) is 33.8 Å². The standard InChI is InChI=1S/C30H32N4O10P2/c1-13-9-23-29(45(39,40)41)27-14(2)10-24(34-27)30(46(42,43)44)28-16(4)18(6-8-26(37)38)22(33-28)12-21-17(5-7-25(35)36)15(3)20(32-21)11-19(13)31-23/h9-12,31,33H,5-8H2,1-4H3,(H,35,36)(H,37,38)(H2,39,40,41)(H2,42,43,44). The molecular weight excluding hydrogens is 638 g/mol. The van der Waals surface area contributed by atoms with E-state index < -0.39 is 37.7 Å². The second-order valence-corrected chi connectivity index (χ2v) is 14.4. The summed E-state index contributed by atoms with van der Waals surface area (Å²) < 4.78 is 26.0. The van der Waals surface area contributed by atoms with Gasteiger partial charge in [0.15, 0.2) is 0 Å². The second kappa shape index (κ2) is 11.9. The average Bonchev–Trinajstić information content (AvgIpc) is 3.62. The number of rotatable bonds is 8. The molecular formula is C30H32N4O10P2. The molecule has 5 rings (SSSR count). The lowest BCUT2D eigenvalue weighted by atomic mass is 10.0. The van der Waals surface area contributed by atoms with Gasteiger partial charge in [0.1, 0.15) is 10.6 Å². The number of carboxylic acid groups (broad SMARTS) is 2. The largest absolute Gasteiger partial charge is 0.481 e. The Morgan fingerprint density at radius 3 is 1.98 bits per heavy atom. The van der Waals surface area contributed by atoms with E-state index in [2.05, 4.69) is 15.0 Å². The first-order valence-corrected chi connectivity index (χ1v) is 17.3. The van der Waals surface area contributed by atoms with Crippen molar-refractivity contribution in [3.8, 4) is 0 Å². The fourth-order valence-corrected chi connectivity index (χ4v) is 7.72. The first kappa shape index (κ1) is 33.2. The fraction of sp³-hybridized carbons (Fsp3) is 0.267. The van der Waals surface area contributed by atoms with Crippen molar-refractivity contribution in [2.24, 2.45) is 0 Å². The molecule has 0 aromatic carbocycles. The molecule has 0 unspecified atom stereocenters. The minimum atomic E-state index is -5.15. The van der Waals surface area contributed by atoms with Gasteiger partial charge in [0.25, 0.3) is 0 Å². The van der Waals surface area contributed by atoms with E-state index in [-0.39, 0.29) is 53.7 Å². The number of hydrogen-bond donors (Lipinski definition) is 8. The number of aromatic amines is 2. The number of aryl methyl sites for hydroxylation is 3. The van der Waals surface area contributed by atoms with E-state index in [4.69, 9.17) is 4.98 Å². The topological polar surface area (TPSA) is 247 Å². The van der Waals surface area contributed by atoms with Gasteiger partial charge in [-0.05, 0) is 98.2 Å². The smallest absolute Gasteiger partial charge is 0.360 e. The van der Waals surface area contributed by atoms with Crippen LogP contribution < -0.4 is 10.6 Å². The second-order valence-electron chi connectivity index (χ2n) is 11.3. The minimum absolute atomic E-state index is 0.0138. The number of aliphatic carboxylic acids is 2. The van der Waals surface area contributed by atoms with Crippen molar-refractivity contribution in [2.75, 3.05) is 0 Å². The molecule has 0 radical (unpaired) electrons. The van der Waals surface area contributed by atoms with Gasteiger partial charge in [-0.25, -0.2) is 9.97 Å². The van der Waals surface area contributed by atoms with E-state index in [1.165, 1.54) is 19.1 Å². The summed E-state index contributed by atoms with van der Waals surface area (Å²) in [6.07, 6.45) is 0.920. The molecule has 0 spiro atoms. The van der Waals surface area contributed by atoms with E-state index in [0.717, 1.165) is 0 Å². The van der Waals surface area contributed by atoms with Crippen molar-refractivity contribution in [3.05, 3.63) is 57.7 Å². The maximum atomic E-state index is 13.1. The van der Waals surface area contributed by atoms with Gasteiger partial charge in [-0.2, -0.15) is 0 Å². The Labute approximate surface area is 261 Å². The Morgan fingerprint density at radius 1 is 0.761 bits per heavy atom. The molecule has 0 aliphatic carbocycles. The molecule has 8 N–H and O–H groups in total. The van der Waals surface area contributed by atoms with Gasteiger partial charge >= 0.3 is 27.1 Å². The molecule has 14 nitrogen and oxygen atoms in total. The predicted molar refractivity (Wildman–Crippen MR) is 173 cm³/mol. The summed E-state index contributed by atoms with van der Waals surface area (Å²) in [5.41, 5.74) is 4.14. The molecule has 0 atom stereocenters. The summed E-state index contributed by atoms with van der Waals surface area (Å²) in [5, 5.41) is 17.9. The molecule has 5 heterocycles. The van der Waals surface area contributed by atoms with Gasteiger partial charge in [0.2, 0.25) is 0 Å². The monoisotopic (exact) mass is 670 g/mol. The maximum absolute atomic E-state index is 13.1. The van der Waals surface area contributed by atoms with Crippen LogP contribution in [0.5, 0.6) is 0 Å². The highest BCUT2D eigenvalue weighted by Crippen LogP contribution is 2.42. The molecule has 0 saturated heterocycles. The fourth-order valence-electron chi connectivity index (χ4n) is 5.85. The number of H-pyrrole nitrogens is 2. The Morgan fingerprint density at radius 2 is 1.37 bits per heavy atom. The van der Waals surface area contributed by atoms with Crippen LogP contribution in [0.25, 0.3) is 44.9 Å². The Kier molecular flexibility index (Phi) is 8.58. The number of carbonyl (C=O) groups is 2. The highest BCUT2D eigenvalue weighted by Gasteiger charge is 2.32. The molecule has 0 fully saturated rings. The molecule has 242 valence electrons. The van der Waals surface area contributed by atoms with E-state index in [9.17, 15) is 48.5 Å². The van der Waals surface area contributed by atoms with Crippen LogP contribution in [-0.2, 0) is 25.1 Å². The Hall–Kier alpha value is -4.16. The van der Waals surface area contributed by atoms with Crippen molar-refractivity contribution in [1.82, 2.24) is 19.9 Å². The molecule has 16 heteroatoms. The van der Waals surface area contributed by atoms with Crippen molar-refractivity contribution in [1.29, 1.82) is 0 Å². The summed E-state index contributed by atoms with van der Waals surface area (Å²) in [4.78, 5) is 80.5. The number of carboxylic acids is 2. The van der Waals surface area contributed by atoms with E-state index in [1.807, 2.05) is 0 Å². The van der Waals surface area contributed by atoms with Crippen LogP contribution in [0.2, 0.25) is 0 Å². The number of hydrogen-bond acceptors (Lipinski definition) is 6. The predicted octanol–water partition coefficient (Wildman–Crippen LogP) is 3.91. The van der Waals surface area contributed by atoms with Crippen LogP contribution in [0.4, 0.5) is 0 Å². The van der Waals surface area contributed by atoms with Crippen LogP contribution in [0.1, 0.15) is 72.6 Å². The lowest BCUT2D eigenvalue weighted by Crippen LogP contribution is -2.13. The highest BCUT2D eigenvalue weighted by atomic mass is 31.2. The molecule has 3 aromatic rings. The average molecular weight is 671 g/mol. The zero-order chi connectivity index (χ0) is 33.9. The van der Waals surface area contributed by atoms with Crippen LogP contribution in [0.15, 0.2) is 18.2 Å². The van der Waals surface area contributed by atoms with Gasteiger partial charge in [-0.15, -0.1) is 0 Å². The zero-order valence-corrected chi connectivity index (χ0v) is 27.0. The highest BCUT2D eigenvalue weighted by molar-refractivity contribution is 7.61. The summed E-state index contributed by atoms with van der Waals surface area (Å²) >= 11 is 0. The Bertz CT molecular complexity index is 2160. The van der Waals surface area contributed by atoms with E-state index in [1.54, 1.807) is 32.9 Å². The van der Waals surface area contributed by atoms with Gasteiger partial charge in [0, 0.05) is 23.9 Å². The molecule has 2 aliphatic rings. The van der Waals surface area contributed by atoms with E-state index in [0.29, 0.717) is 50.3 Å². The SMILES string of the molecule is CC1=Cc2nc1c(P(=O)(O)O)c1cc(C)c(cc3nc(cc4[nH]c(c(C)c4CCC(=O)O)c2P(=O)(O)O)C(CCC(=O)O)=C3C)[nH]1. The normalized spacial score (nSPS) is 13.7. The molecule has 2 aliphatic heterocycles. The third-order valence-electron chi connectivity index (χ3n) is 8.09. The van der Waals surface area contributed by atoms with Crippen LogP contribution in [0, 0.1) is 13.8 Å². The number of nitrogens with one attached hydrogen (secondary N) is 2. The summed E-state index contributed by atoms with van der Waals surface area (Å²) in [7, 11) is -10.2. The summed E-state index contributed by atoms with van der Waals surface area (Å²) in [6.45, 7) is 6.59. The van der Waals surface area contributed by atoms with Crippen molar-refractivity contribution >= 4 is 82.6 Å². The number of aromatic nitrogens is 4. The lowest BCUT2D eigenvalue weighted by Gasteiger charge is -2.07. The molecule has 46 heavy (non-hydrogen) atoms. The van der Waals surface area contributed by atoms with Gasteiger partial charge in [-0.3, -0.25) is 18.7 Å². The van der Waals surface area contributed by atoms with Gasteiger partial charge < -0.3 is 39.8 Å². The molecule has 8 bridgehead atoms. The van der Waals surface area contributed by atoms with E-state index >= 15 is 0 Å². The number of allylic oxidation sites excluding steroid dienone is 3. The van der Waals surface area contributed by atoms with Crippen molar-refractivity contribution in [3.63, 3.8) is 0 Å². The molecule has 0 saturated carbocycles. The van der Waals surface area contributed by atoms with Crippen molar-refractivity contribution in [2.45, 2.75) is 53.4 Å². The summed E-state index contributed by atoms with van der Waals surface area (Å²) in [6, 6.07) is 4.83. The number of nitrogens with zero attached hydrogens (tertiary/aromatic N) is 2. The quantitative estimate of drug-likeness (QED) is 0.159. The minimum Gasteiger partial charge on any atom is -0.481 e. The first-order valence-electron chi connectivity index (χ1n) is 14.1. The van der Waals surface area contributed by atoms with Gasteiger partial charge in [-0.1, -0.05) is 0 Å². The van der Waals surface area contributed by atoms with Crippen LogP contribution in [-0.4, -0.2) is 61.7 Å². The third kappa shape index (κ3) is 6.28. The van der Waals surface area contributed by atoms with Crippen LogP contribution in [0.3, 0.4) is 0 Å². The number of fused-ring (bicyclic) bond motifs is 8. The zero-order valence-electron chi connectivity index (χ0n) is 25.2. The van der Waals surface area contributed by atoms with Crippen LogP contribution >= 0.6 is 15.2 Å². The third-order valence-corrected chi connectivity index (χ3v) is 10.2. The summed E-state index contributed by atoms with van der Waals surface area (Å²) in [5.74, 6) is -2.12. The first-order chi connectivity index (χ1) is 21.4. The molecule has 3 aromatic heterocycles. The Balaban J connectivity index is 2.07. The lowest BCUT2D eigenvalue weighted by molar-refractivity contribution is -0.137.